The Morgan fingerprint density at radius 3 is 2.64 bits per heavy atom. The van der Waals surface area contributed by atoms with Gasteiger partial charge in [-0.1, -0.05) is 26.8 Å². The fraction of sp³-hybridized carbons (Fsp3) is 0.529. The van der Waals surface area contributed by atoms with Crippen LogP contribution < -0.4 is 0 Å². The third-order valence-corrected chi connectivity index (χ3v) is 3.55. The molecule has 0 fully saturated rings. The standard InChI is InChI=1S/C17H26N4O/c1-17(2,3)16-15(12-20(4)19-16)13-21(8-9-22)11-14-6-5-7-18-10-14/h5-7,10,12,22H,8-9,11,13H2,1-4H3. The van der Waals surface area contributed by atoms with Crippen molar-refractivity contribution >= 4 is 0 Å². The summed E-state index contributed by atoms with van der Waals surface area (Å²) in [6, 6.07) is 4.00. The van der Waals surface area contributed by atoms with Gasteiger partial charge in [0.25, 0.3) is 0 Å². The van der Waals surface area contributed by atoms with Crippen LogP contribution in [0.1, 0.15) is 37.6 Å². The molecule has 0 spiro atoms. The summed E-state index contributed by atoms with van der Waals surface area (Å²) in [6.07, 6.45) is 5.73. The van der Waals surface area contributed by atoms with Gasteiger partial charge in [-0.25, -0.2) is 0 Å². The van der Waals surface area contributed by atoms with Crippen molar-refractivity contribution in [3.05, 3.63) is 47.5 Å². The molecule has 5 heteroatoms. The molecule has 2 aromatic rings. The van der Waals surface area contributed by atoms with Gasteiger partial charge >= 0.3 is 0 Å². The molecule has 120 valence electrons. The number of aryl methyl sites for hydroxylation is 1. The van der Waals surface area contributed by atoms with Gasteiger partial charge < -0.3 is 5.11 Å². The van der Waals surface area contributed by atoms with Crippen LogP contribution in [-0.4, -0.2) is 37.9 Å². The van der Waals surface area contributed by atoms with Gasteiger partial charge in [-0.15, -0.1) is 0 Å². The van der Waals surface area contributed by atoms with E-state index < -0.39 is 0 Å². The molecule has 0 amide bonds. The molecule has 0 saturated carbocycles. The normalized spacial score (nSPS) is 12.1. The Labute approximate surface area is 132 Å². The summed E-state index contributed by atoms with van der Waals surface area (Å²) in [6.45, 7) is 8.85. The van der Waals surface area contributed by atoms with Gasteiger partial charge in [-0.2, -0.15) is 5.10 Å². The van der Waals surface area contributed by atoms with E-state index in [2.05, 4.69) is 48.0 Å². The summed E-state index contributed by atoms with van der Waals surface area (Å²) < 4.78 is 1.87. The van der Waals surface area contributed by atoms with Crippen LogP contribution in [0, 0.1) is 0 Å². The molecule has 2 aromatic heterocycles. The van der Waals surface area contributed by atoms with Crippen molar-refractivity contribution in [2.24, 2.45) is 7.05 Å². The molecule has 0 aliphatic carbocycles. The third-order valence-electron chi connectivity index (χ3n) is 3.55. The average molecular weight is 302 g/mol. The zero-order chi connectivity index (χ0) is 16.2. The molecule has 2 heterocycles. The second-order valence-electron chi connectivity index (χ2n) is 6.72. The van der Waals surface area contributed by atoms with E-state index >= 15 is 0 Å². The lowest BCUT2D eigenvalue weighted by molar-refractivity contribution is 0.183. The monoisotopic (exact) mass is 302 g/mol. The SMILES string of the molecule is Cn1cc(CN(CCO)Cc2cccnc2)c(C(C)(C)C)n1. The minimum Gasteiger partial charge on any atom is -0.395 e. The number of aliphatic hydroxyl groups excluding tert-OH is 1. The largest absolute Gasteiger partial charge is 0.395 e. The van der Waals surface area contributed by atoms with E-state index in [4.69, 9.17) is 0 Å². The van der Waals surface area contributed by atoms with Gasteiger partial charge in [-0.05, 0) is 11.6 Å². The van der Waals surface area contributed by atoms with E-state index in [0.717, 1.165) is 24.3 Å². The van der Waals surface area contributed by atoms with Gasteiger partial charge in [0.05, 0.1) is 12.3 Å². The van der Waals surface area contributed by atoms with E-state index in [1.165, 1.54) is 5.56 Å². The van der Waals surface area contributed by atoms with Crippen LogP contribution in [-0.2, 0) is 25.6 Å². The van der Waals surface area contributed by atoms with Crippen LogP contribution >= 0.6 is 0 Å². The molecule has 0 radical (unpaired) electrons. The third kappa shape index (κ3) is 4.39. The molecular weight excluding hydrogens is 276 g/mol. The van der Waals surface area contributed by atoms with Crippen LogP contribution in [0.2, 0.25) is 0 Å². The number of aliphatic hydroxyl groups is 1. The lowest BCUT2D eigenvalue weighted by atomic mass is 9.89. The van der Waals surface area contributed by atoms with Crippen molar-refractivity contribution in [1.29, 1.82) is 0 Å². The van der Waals surface area contributed by atoms with Crippen LogP contribution in [0.15, 0.2) is 30.7 Å². The van der Waals surface area contributed by atoms with Crippen LogP contribution in [0.4, 0.5) is 0 Å². The maximum Gasteiger partial charge on any atom is 0.0722 e. The number of nitrogens with zero attached hydrogens (tertiary/aromatic N) is 4. The molecular formula is C17H26N4O. The number of pyridine rings is 1. The molecule has 0 bridgehead atoms. The van der Waals surface area contributed by atoms with E-state index in [-0.39, 0.29) is 12.0 Å². The van der Waals surface area contributed by atoms with Gasteiger partial charge in [0.15, 0.2) is 0 Å². The van der Waals surface area contributed by atoms with Gasteiger partial charge in [0, 0.05) is 56.3 Å². The predicted molar refractivity (Wildman–Crippen MR) is 87.3 cm³/mol. The topological polar surface area (TPSA) is 54.2 Å². The van der Waals surface area contributed by atoms with Crippen molar-refractivity contribution < 1.29 is 5.11 Å². The highest BCUT2D eigenvalue weighted by molar-refractivity contribution is 5.24. The first-order chi connectivity index (χ1) is 10.4. The molecule has 1 N–H and O–H groups in total. The van der Waals surface area contributed by atoms with E-state index in [9.17, 15) is 5.11 Å². The summed E-state index contributed by atoms with van der Waals surface area (Å²) in [5.74, 6) is 0. The van der Waals surface area contributed by atoms with E-state index in [0.29, 0.717) is 6.54 Å². The lowest BCUT2D eigenvalue weighted by Gasteiger charge is -2.23. The highest BCUT2D eigenvalue weighted by atomic mass is 16.3. The van der Waals surface area contributed by atoms with Gasteiger partial charge in [0.1, 0.15) is 0 Å². The first kappa shape index (κ1) is 16.6. The second kappa shape index (κ2) is 7.03. The summed E-state index contributed by atoms with van der Waals surface area (Å²) in [4.78, 5) is 6.39. The minimum absolute atomic E-state index is 0.00970. The molecule has 0 atom stereocenters. The minimum atomic E-state index is 0.00970. The van der Waals surface area contributed by atoms with Crippen molar-refractivity contribution in [3.8, 4) is 0 Å². The maximum atomic E-state index is 9.35. The zero-order valence-electron chi connectivity index (χ0n) is 14.0. The second-order valence-corrected chi connectivity index (χ2v) is 6.72. The summed E-state index contributed by atoms with van der Waals surface area (Å²) in [5, 5.41) is 14.0. The highest BCUT2D eigenvalue weighted by Crippen LogP contribution is 2.25. The van der Waals surface area contributed by atoms with Gasteiger partial charge in [-0.3, -0.25) is 14.6 Å². The summed E-state index contributed by atoms with van der Waals surface area (Å²) in [7, 11) is 1.95. The quantitative estimate of drug-likeness (QED) is 0.888. The number of hydrogen-bond donors (Lipinski definition) is 1. The molecule has 0 aliphatic rings. The van der Waals surface area contributed by atoms with E-state index in [1.807, 2.05) is 24.0 Å². The Morgan fingerprint density at radius 1 is 1.27 bits per heavy atom. The smallest absolute Gasteiger partial charge is 0.0722 e. The van der Waals surface area contributed by atoms with Crippen LogP contribution in [0.3, 0.4) is 0 Å². The molecule has 2 rings (SSSR count). The van der Waals surface area contributed by atoms with Crippen molar-refractivity contribution in [3.63, 3.8) is 0 Å². The zero-order valence-corrected chi connectivity index (χ0v) is 14.0. The first-order valence-electron chi connectivity index (χ1n) is 7.65. The molecule has 0 aromatic carbocycles. The van der Waals surface area contributed by atoms with Crippen LogP contribution in [0.5, 0.6) is 0 Å². The fourth-order valence-electron chi connectivity index (χ4n) is 2.63. The Kier molecular flexibility index (Phi) is 5.32. The van der Waals surface area contributed by atoms with E-state index in [1.54, 1.807) is 6.20 Å². The lowest BCUT2D eigenvalue weighted by Crippen LogP contribution is -2.27. The molecule has 0 aliphatic heterocycles. The Balaban J connectivity index is 2.18. The molecule has 5 nitrogen and oxygen atoms in total. The van der Waals surface area contributed by atoms with Gasteiger partial charge in [0.2, 0.25) is 0 Å². The molecule has 0 saturated heterocycles. The number of hydrogen-bond acceptors (Lipinski definition) is 4. The first-order valence-corrected chi connectivity index (χ1v) is 7.65. The van der Waals surface area contributed by atoms with Crippen molar-refractivity contribution in [2.75, 3.05) is 13.2 Å². The van der Waals surface area contributed by atoms with Crippen molar-refractivity contribution in [2.45, 2.75) is 39.3 Å². The van der Waals surface area contributed by atoms with Crippen LogP contribution in [0.25, 0.3) is 0 Å². The number of rotatable bonds is 6. The molecule has 22 heavy (non-hydrogen) atoms. The number of aromatic nitrogens is 3. The average Bonchev–Trinajstić information content (AvgIpc) is 2.81. The summed E-state index contributed by atoms with van der Waals surface area (Å²) >= 11 is 0. The molecule has 0 unspecified atom stereocenters. The fourth-order valence-corrected chi connectivity index (χ4v) is 2.63. The Hall–Kier alpha value is -1.72. The predicted octanol–water partition coefficient (Wildman–Crippen LogP) is 2.11. The highest BCUT2D eigenvalue weighted by Gasteiger charge is 2.23. The Bertz CT molecular complexity index is 586. The van der Waals surface area contributed by atoms with Crippen molar-refractivity contribution in [1.82, 2.24) is 19.7 Å². The Morgan fingerprint density at radius 2 is 2.05 bits per heavy atom. The maximum absolute atomic E-state index is 9.35. The summed E-state index contributed by atoms with van der Waals surface area (Å²) in [5.41, 5.74) is 3.49.